The lowest BCUT2D eigenvalue weighted by molar-refractivity contribution is 0.0580. The fourth-order valence-corrected chi connectivity index (χ4v) is 1.92. The third kappa shape index (κ3) is 3.05. The van der Waals surface area contributed by atoms with Gasteiger partial charge in [-0.2, -0.15) is 4.98 Å². The topological polar surface area (TPSA) is 71.7 Å². The van der Waals surface area contributed by atoms with E-state index in [1.54, 1.807) is 18.9 Å². The molecule has 0 atom stereocenters. The summed E-state index contributed by atoms with van der Waals surface area (Å²) in [6, 6.07) is 0. The highest BCUT2D eigenvalue weighted by molar-refractivity contribution is 5.90. The van der Waals surface area contributed by atoms with Crippen molar-refractivity contribution in [3.63, 3.8) is 0 Å². The highest BCUT2D eigenvalue weighted by atomic mass is 16.5. The van der Waals surface area contributed by atoms with Crippen LogP contribution in [0.5, 0.6) is 0 Å². The maximum atomic E-state index is 12.0. The Morgan fingerprint density at radius 2 is 2.11 bits per heavy atom. The van der Waals surface area contributed by atoms with Gasteiger partial charge in [0.05, 0.1) is 6.61 Å². The molecule has 0 radical (unpaired) electrons. The summed E-state index contributed by atoms with van der Waals surface area (Å²) in [5.74, 6) is 0.410. The quantitative estimate of drug-likeness (QED) is 0.740. The molecule has 1 aromatic heterocycles. The lowest BCUT2D eigenvalue weighted by Crippen LogP contribution is -2.49. The highest BCUT2D eigenvalue weighted by Crippen LogP contribution is 2.06. The average Bonchev–Trinajstić information content (AvgIpc) is 2.83. The molecule has 1 fully saturated rings. The lowest BCUT2D eigenvalue weighted by Gasteiger charge is -2.33. The smallest absolute Gasteiger partial charge is 0.295 e. The van der Waals surface area contributed by atoms with E-state index in [4.69, 9.17) is 9.26 Å². The molecule has 0 bridgehead atoms. The number of hydrogen-bond donors (Lipinski definition) is 0. The fraction of sp³-hybridized carbons (Fsp3) is 0.727. The van der Waals surface area contributed by atoms with Crippen molar-refractivity contribution in [2.45, 2.75) is 6.92 Å². The number of aromatic nitrogens is 2. The Morgan fingerprint density at radius 1 is 1.39 bits per heavy atom. The van der Waals surface area contributed by atoms with Crippen LogP contribution in [-0.4, -0.2) is 72.3 Å². The van der Waals surface area contributed by atoms with Crippen molar-refractivity contribution in [3.05, 3.63) is 11.7 Å². The number of carbonyl (C=O) groups excluding carboxylic acids is 1. The molecule has 0 spiro atoms. The Bertz CT molecular complexity index is 399. The van der Waals surface area contributed by atoms with Crippen molar-refractivity contribution < 1.29 is 14.1 Å². The van der Waals surface area contributed by atoms with Crippen LogP contribution in [0.1, 0.15) is 16.5 Å². The molecule has 1 aromatic rings. The molecule has 1 saturated heterocycles. The molecule has 0 aliphatic carbocycles. The van der Waals surface area contributed by atoms with Crippen LogP contribution in [0.15, 0.2) is 4.52 Å². The van der Waals surface area contributed by atoms with E-state index in [0.717, 1.165) is 26.2 Å². The molecule has 18 heavy (non-hydrogen) atoms. The second kappa shape index (κ2) is 5.92. The first kappa shape index (κ1) is 13.0. The molecule has 0 N–H and O–H groups in total. The summed E-state index contributed by atoms with van der Waals surface area (Å²) in [6.45, 7) is 6.38. The highest BCUT2D eigenvalue weighted by Gasteiger charge is 2.24. The van der Waals surface area contributed by atoms with Crippen LogP contribution in [0.3, 0.4) is 0 Å². The Hall–Kier alpha value is -1.47. The summed E-state index contributed by atoms with van der Waals surface area (Å²) >= 11 is 0. The second-order valence-electron chi connectivity index (χ2n) is 4.26. The number of nitrogens with zero attached hydrogens (tertiary/aromatic N) is 4. The van der Waals surface area contributed by atoms with Gasteiger partial charge in [-0.05, 0) is 0 Å². The Balaban J connectivity index is 1.84. The van der Waals surface area contributed by atoms with Crippen LogP contribution < -0.4 is 0 Å². The van der Waals surface area contributed by atoms with Crippen LogP contribution in [0.25, 0.3) is 0 Å². The van der Waals surface area contributed by atoms with Gasteiger partial charge in [-0.25, -0.2) is 0 Å². The molecule has 1 aliphatic rings. The van der Waals surface area contributed by atoms with Crippen molar-refractivity contribution in [1.29, 1.82) is 0 Å². The molecule has 0 saturated carbocycles. The molecule has 2 heterocycles. The van der Waals surface area contributed by atoms with E-state index in [0.29, 0.717) is 19.0 Å². The Kier molecular flexibility index (Phi) is 4.27. The molecule has 7 nitrogen and oxygen atoms in total. The standard InChI is InChI=1S/C11H18N4O3/c1-9-12-10(13-18-9)11(16)15-5-3-14(4-6-15)7-8-17-2/h3-8H2,1-2H3. The predicted molar refractivity (Wildman–Crippen MR) is 63.3 cm³/mol. The summed E-state index contributed by atoms with van der Waals surface area (Å²) in [6.07, 6.45) is 0. The zero-order chi connectivity index (χ0) is 13.0. The number of amides is 1. The Labute approximate surface area is 106 Å². The van der Waals surface area contributed by atoms with Crippen molar-refractivity contribution in [1.82, 2.24) is 19.9 Å². The third-order valence-electron chi connectivity index (χ3n) is 2.99. The van der Waals surface area contributed by atoms with Crippen molar-refractivity contribution in [2.24, 2.45) is 0 Å². The van der Waals surface area contributed by atoms with Crippen molar-refractivity contribution in [3.8, 4) is 0 Å². The summed E-state index contributed by atoms with van der Waals surface area (Å²) in [7, 11) is 1.69. The van der Waals surface area contributed by atoms with Crippen molar-refractivity contribution in [2.75, 3.05) is 46.4 Å². The van der Waals surface area contributed by atoms with Gasteiger partial charge in [-0.15, -0.1) is 0 Å². The van der Waals surface area contributed by atoms with Gasteiger partial charge in [-0.3, -0.25) is 9.69 Å². The van der Waals surface area contributed by atoms with Crippen LogP contribution in [0.2, 0.25) is 0 Å². The molecule has 7 heteroatoms. The molecule has 0 aromatic carbocycles. The minimum atomic E-state index is -0.154. The summed E-state index contributed by atoms with van der Waals surface area (Å²) in [5, 5.41) is 3.65. The zero-order valence-corrected chi connectivity index (χ0v) is 10.8. The first-order valence-electron chi connectivity index (χ1n) is 6.01. The van der Waals surface area contributed by atoms with E-state index in [1.807, 2.05) is 0 Å². The van der Waals surface area contributed by atoms with E-state index in [2.05, 4.69) is 15.0 Å². The van der Waals surface area contributed by atoms with E-state index in [9.17, 15) is 4.79 Å². The Morgan fingerprint density at radius 3 is 2.67 bits per heavy atom. The minimum Gasteiger partial charge on any atom is -0.383 e. The normalized spacial score (nSPS) is 17.1. The molecular formula is C11H18N4O3. The van der Waals surface area contributed by atoms with Crippen molar-refractivity contribution >= 4 is 5.91 Å². The first-order valence-corrected chi connectivity index (χ1v) is 6.01. The minimum absolute atomic E-state index is 0.151. The number of rotatable bonds is 4. The van der Waals surface area contributed by atoms with Gasteiger partial charge in [0.2, 0.25) is 5.89 Å². The van der Waals surface area contributed by atoms with E-state index in [-0.39, 0.29) is 11.7 Å². The molecule has 1 amide bonds. The van der Waals surface area contributed by atoms with E-state index < -0.39 is 0 Å². The summed E-state index contributed by atoms with van der Waals surface area (Å²) < 4.78 is 9.85. The zero-order valence-electron chi connectivity index (χ0n) is 10.8. The maximum Gasteiger partial charge on any atom is 0.295 e. The fourth-order valence-electron chi connectivity index (χ4n) is 1.92. The van der Waals surface area contributed by atoms with Crippen LogP contribution >= 0.6 is 0 Å². The number of piperazine rings is 1. The van der Waals surface area contributed by atoms with Gasteiger partial charge in [-0.1, -0.05) is 5.16 Å². The summed E-state index contributed by atoms with van der Waals surface area (Å²) in [4.78, 5) is 20.0. The number of carbonyl (C=O) groups is 1. The van der Waals surface area contributed by atoms with Gasteiger partial charge < -0.3 is 14.2 Å². The van der Waals surface area contributed by atoms with Gasteiger partial charge in [0.25, 0.3) is 11.7 Å². The number of aryl methyl sites for hydroxylation is 1. The molecule has 1 aliphatic heterocycles. The number of methoxy groups -OCH3 is 1. The monoisotopic (exact) mass is 254 g/mol. The van der Waals surface area contributed by atoms with Crippen LogP contribution in [0.4, 0.5) is 0 Å². The first-order chi connectivity index (χ1) is 8.70. The van der Waals surface area contributed by atoms with Gasteiger partial charge >= 0.3 is 0 Å². The molecule has 100 valence electrons. The molecular weight excluding hydrogens is 236 g/mol. The number of hydrogen-bond acceptors (Lipinski definition) is 6. The summed E-state index contributed by atoms with van der Waals surface area (Å²) in [5.41, 5.74) is 0. The molecule has 2 rings (SSSR count). The van der Waals surface area contributed by atoms with Gasteiger partial charge in [0.1, 0.15) is 0 Å². The van der Waals surface area contributed by atoms with Gasteiger partial charge in [0.15, 0.2) is 0 Å². The predicted octanol–water partition coefficient (Wildman–Crippen LogP) is -0.218. The molecule has 0 unspecified atom stereocenters. The average molecular weight is 254 g/mol. The largest absolute Gasteiger partial charge is 0.383 e. The van der Waals surface area contributed by atoms with Crippen LogP contribution in [0, 0.1) is 6.92 Å². The lowest BCUT2D eigenvalue weighted by atomic mass is 10.3. The van der Waals surface area contributed by atoms with Crippen LogP contribution in [-0.2, 0) is 4.74 Å². The van der Waals surface area contributed by atoms with E-state index >= 15 is 0 Å². The van der Waals surface area contributed by atoms with E-state index in [1.165, 1.54) is 0 Å². The van der Waals surface area contributed by atoms with Gasteiger partial charge in [0, 0.05) is 46.8 Å². The maximum absolute atomic E-state index is 12.0. The number of ether oxygens (including phenoxy) is 1. The third-order valence-corrected chi connectivity index (χ3v) is 2.99. The SMILES string of the molecule is COCCN1CCN(C(=O)c2noc(C)n2)CC1. The second-order valence-corrected chi connectivity index (χ2v) is 4.26.